The fraction of sp³-hybridized carbons (Fsp3) is 0.462. The van der Waals surface area contributed by atoms with Crippen LogP contribution in [-0.2, 0) is 28.0 Å². The van der Waals surface area contributed by atoms with Crippen molar-refractivity contribution < 1.29 is 17.9 Å². The molecule has 0 unspecified atom stereocenters. The molecule has 21 heavy (non-hydrogen) atoms. The lowest BCUT2D eigenvalue weighted by atomic mass is 10.1. The quantitative estimate of drug-likeness (QED) is 0.814. The molecule has 0 bridgehead atoms. The molecule has 0 heterocycles. The first kappa shape index (κ1) is 17.4. The van der Waals surface area contributed by atoms with Crippen LogP contribution in [0.5, 0.6) is 0 Å². The second-order valence-corrected chi connectivity index (χ2v) is 6.57. The van der Waals surface area contributed by atoms with Crippen LogP contribution in [0.25, 0.3) is 0 Å². The Morgan fingerprint density at radius 3 is 2.43 bits per heavy atom. The standard InChI is InChI=1S/C13H21N3O4S/c1-10(2)20-13(17)15-21(18,19)16(3)9-12-7-5-4-6-11(12)8-14/h4-7,10H,8-9,14H2,1-3H3,(H,15,17). The predicted molar refractivity (Wildman–Crippen MR) is 79.5 cm³/mol. The zero-order valence-electron chi connectivity index (χ0n) is 12.4. The molecule has 0 aliphatic heterocycles. The lowest BCUT2D eigenvalue weighted by molar-refractivity contribution is 0.121. The molecule has 0 aliphatic carbocycles. The molecule has 1 aromatic rings. The van der Waals surface area contributed by atoms with E-state index in [2.05, 4.69) is 0 Å². The first-order valence-electron chi connectivity index (χ1n) is 6.47. The van der Waals surface area contributed by atoms with Crippen LogP contribution in [0.3, 0.4) is 0 Å². The summed E-state index contributed by atoms with van der Waals surface area (Å²) in [5.41, 5.74) is 7.25. The van der Waals surface area contributed by atoms with Gasteiger partial charge in [0.1, 0.15) is 0 Å². The van der Waals surface area contributed by atoms with Gasteiger partial charge >= 0.3 is 16.3 Å². The summed E-state index contributed by atoms with van der Waals surface area (Å²) in [5, 5.41) is 0. The van der Waals surface area contributed by atoms with E-state index in [0.29, 0.717) is 6.54 Å². The summed E-state index contributed by atoms with van der Waals surface area (Å²) in [6, 6.07) is 7.25. The summed E-state index contributed by atoms with van der Waals surface area (Å²) >= 11 is 0. The van der Waals surface area contributed by atoms with Crippen molar-refractivity contribution in [3.8, 4) is 0 Å². The fourth-order valence-electron chi connectivity index (χ4n) is 1.66. The van der Waals surface area contributed by atoms with E-state index in [1.807, 2.05) is 16.9 Å². The fourth-order valence-corrected chi connectivity index (χ4v) is 2.38. The Balaban J connectivity index is 2.77. The van der Waals surface area contributed by atoms with Gasteiger partial charge in [-0.2, -0.15) is 12.7 Å². The predicted octanol–water partition coefficient (Wildman–Crippen LogP) is 0.956. The Morgan fingerprint density at radius 2 is 1.90 bits per heavy atom. The van der Waals surface area contributed by atoms with E-state index in [4.69, 9.17) is 10.5 Å². The van der Waals surface area contributed by atoms with Crippen LogP contribution < -0.4 is 10.5 Å². The molecular weight excluding hydrogens is 294 g/mol. The minimum absolute atomic E-state index is 0.109. The molecule has 118 valence electrons. The number of nitrogens with two attached hydrogens (primary N) is 1. The summed E-state index contributed by atoms with van der Waals surface area (Å²) in [5.74, 6) is 0. The van der Waals surface area contributed by atoms with Gasteiger partial charge in [-0.25, -0.2) is 9.52 Å². The van der Waals surface area contributed by atoms with Crippen LogP contribution in [-0.4, -0.2) is 32.0 Å². The van der Waals surface area contributed by atoms with Gasteiger partial charge in [0.2, 0.25) is 0 Å². The summed E-state index contributed by atoms with van der Waals surface area (Å²) in [6.07, 6.45) is -1.40. The summed E-state index contributed by atoms with van der Waals surface area (Å²) in [7, 11) is -2.59. The van der Waals surface area contributed by atoms with E-state index < -0.39 is 22.4 Å². The highest BCUT2D eigenvalue weighted by atomic mass is 32.2. The average Bonchev–Trinajstić information content (AvgIpc) is 2.37. The zero-order valence-corrected chi connectivity index (χ0v) is 13.2. The van der Waals surface area contributed by atoms with Crippen molar-refractivity contribution in [2.75, 3.05) is 7.05 Å². The molecule has 0 fully saturated rings. The Labute approximate surface area is 125 Å². The van der Waals surface area contributed by atoms with Crippen molar-refractivity contribution in [3.63, 3.8) is 0 Å². The molecule has 3 N–H and O–H groups in total. The summed E-state index contributed by atoms with van der Waals surface area (Å²) < 4.78 is 31.7. The molecule has 0 aliphatic rings. The number of benzene rings is 1. The first-order valence-corrected chi connectivity index (χ1v) is 7.91. The summed E-state index contributed by atoms with van der Waals surface area (Å²) in [6.45, 7) is 3.69. The second-order valence-electron chi connectivity index (χ2n) is 4.79. The molecule has 1 rings (SSSR count). The highest BCUT2D eigenvalue weighted by Crippen LogP contribution is 2.12. The SMILES string of the molecule is CC(C)OC(=O)NS(=O)(=O)N(C)Cc1ccccc1CN. The van der Waals surface area contributed by atoms with Crippen molar-refractivity contribution in [2.24, 2.45) is 5.73 Å². The third kappa shape index (κ3) is 5.33. The monoisotopic (exact) mass is 315 g/mol. The largest absolute Gasteiger partial charge is 0.446 e. The number of hydrogen-bond acceptors (Lipinski definition) is 5. The van der Waals surface area contributed by atoms with E-state index in [1.165, 1.54) is 7.05 Å². The van der Waals surface area contributed by atoms with E-state index in [9.17, 15) is 13.2 Å². The van der Waals surface area contributed by atoms with Crippen LogP contribution >= 0.6 is 0 Å². The molecule has 0 aromatic heterocycles. The van der Waals surface area contributed by atoms with Gasteiger partial charge in [0.25, 0.3) is 0 Å². The lowest BCUT2D eigenvalue weighted by Crippen LogP contribution is -2.42. The maximum absolute atomic E-state index is 12.0. The molecule has 1 aromatic carbocycles. The first-order chi connectivity index (χ1) is 9.76. The molecular formula is C13H21N3O4S. The Bertz CT molecular complexity index is 587. The van der Waals surface area contributed by atoms with Crippen LogP contribution in [0.1, 0.15) is 25.0 Å². The average molecular weight is 315 g/mol. The van der Waals surface area contributed by atoms with E-state index >= 15 is 0 Å². The van der Waals surface area contributed by atoms with E-state index in [-0.39, 0.29) is 6.54 Å². The van der Waals surface area contributed by atoms with Crippen molar-refractivity contribution in [2.45, 2.75) is 33.0 Å². The molecule has 0 saturated carbocycles. The number of amides is 1. The van der Waals surface area contributed by atoms with Crippen LogP contribution in [0.4, 0.5) is 4.79 Å². The Hall–Kier alpha value is -1.64. The smallest absolute Gasteiger partial charge is 0.422 e. The number of carbonyl (C=O) groups excluding carboxylic acids is 1. The highest BCUT2D eigenvalue weighted by Gasteiger charge is 2.22. The normalized spacial score (nSPS) is 11.7. The lowest BCUT2D eigenvalue weighted by Gasteiger charge is -2.19. The molecule has 0 atom stereocenters. The molecule has 7 nitrogen and oxygen atoms in total. The number of ether oxygens (including phenoxy) is 1. The van der Waals surface area contributed by atoms with Crippen molar-refractivity contribution in [1.29, 1.82) is 0 Å². The Morgan fingerprint density at radius 1 is 1.33 bits per heavy atom. The number of carbonyl (C=O) groups is 1. The van der Waals surface area contributed by atoms with Gasteiger partial charge in [-0.1, -0.05) is 24.3 Å². The maximum Gasteiger partial charge on any atom is 0.422 e. The maximum atomic E-state index is 12.0. The van der Waals surface area contributed by atoms with E-state index in [0.717, 1.165) is 15.4 Å². The van der Waals surface area contributed by atoms with Gasteiger partial charge in [0.05, 0.1) is 6.10 Å². The number of rotatable bonds is 6. The molecule has 0 spiro atoms. The van der Waals surface area contributed by atoms with Crippen LogP contribution in [0.2, 0.25) is 0 Å². The number of nitrogens with zero attached hydrogens (tertiary/aromatic N) is 1. The number of nitrogens with one attached hydrogen (secondary N) is 1. The van der Waals surface area contributed by atoms with E-state index in [1.54, 1.807) is 26.0 Å². The number of hydrogen-bond donors (Lipinski definition) is 2. The minimum Gasteiger partial charge on any atom is -0.446 e. The zero-order chi connectivity index (χ0) is 16.0. The minimum atomic E-state index is -3.96. The van der Waals surface area contributed by atoms with Gasteiger partial charge in [0.15, 0.2) is 0 Å². The molecule has 0 radical (unpaired) electrons. The highest BCUT2D eigenvalue weighted by molar-refractivity contribution is 7.87. The molecule has 1 amide bonds. The van der Waals surface area contributed by atoms with Crippen molar-refractivity contribution >= 4 is 16.3 Å². The van der Waals surface area contributed by atoms with Gasteiger partial charge in [-0.15, -0.1) is 0 Å². The van der Waals surface area contributed by atoms with Crippen molar-refractivity contribution in [1.82, 2.24) is 9.03 Å². The molecule has 8 heteroatoms. The molecule has 0 saturated heterocycles. The van der Waals surface area contributed by atoms with Crippen molar-refractivity contribution in [3.05, 3.63) is 35.4 Å². The van der Waals surface area contributed by atoms with Gasteiger partial charge in [0, 0.05) is 20.1 Å². The van der Waals surface area contributed by atoms with Gasteiger partial charge in [-0.3, -0.25) is 0 Å². The van der Waals surface area contributed by atoms with Gasteiger partial charge < -0.3 is 10.5 Å². The van der Waals surface area contributed by atoms with Crippen LogP contribution in [0, 0.1) is 0 Å². The van der Waals surface area contributed by atoms with Crippen LogP contribution in [0.15, 0.2) is 24.3 Å². The summed E-state index contributed by atoms with van der Waals surface area (Å²) in [4.78, 5) is 11.4. The third-order valence-corrected chi connectivity index (χ3v) is 4.07. The second kappa shape index (κ2) is 7.39. The Kier molecular flexibility index (Phi) is 6.13. The topological polar surface area (TPSA) is 102 Å². The third-order valence-electron chi connectivity index (χ3n) is 2.70. The van der Waals surface area contributed by atoms with Gasteiger partial charge in [-0.05, 0) is 25.0 Å².